The third kappa shape index (κ3) is 4.77. The molecule has 2 nitrogen and oxygen atoms in total. The number of benzene rings is 3. The monoisotopic (exact) mass is 361 g/mol. The molecule has 3 aromatic carbocycles. The largest absolute Gasteiger partial charge is 0.307 e. The van der Waals surface area contributed by atoms with Crippen LogP contribution in [0.2, 0.25) is 0 Å². The summed E-state index contributed by atoms with van der Waals surface area (Å²) in [7, 11) is 0. The van der Waals surface area contributed by atoms with Gasteiger partial charge in [0.2, 0.25) is 5.91 Å². The van der Waals surface area contributed by atoms with Gasteiger partial charge in [0.15, 0.2) is 0 Å². The van der Waals surface area contributed by atoms with Crippen LogP contribution in [0, 0.1) is 6.92 Å². The fourth-order valence-electron chi connectivity index (χ4n) is 2.76. The molecule has 0 bridgehead atoms. The Hall–Kier alpha value is -2.52. The van der Waals surface area contributed by atoms with E-state index in [2.05, 4.69) is 43.3 Å². The van der Waals surface area contributed by atoms with Crippen LogP contribution in [0.5, 0.6) is 0 Å². The van der Waals surface area contributed by atoms with Crippen molar-refractivity contribution >= 4 is 23.4 Å². The Morgan fingerprint density at radius 1 is 0.885 bits per heavy atom. The van der Waals surface area contributed by atoms with Crippen LogP contribution in [-0.2, 0) is 11.3 Å². The van der Waals surface area contributed by atoms with E-state index in [0.29, 0.717) is 6.54 Å². The molecule has 0 aliphatic rings. The predicted octanol–water partition coefficient (Wildman–Crippen LogP) is 5.71. The van der Waals surface area contributed by atoms with Crippen molar-refractivity contribution in [2.75, 3.05) is 4.90 Å². The molecule has 0 spiro atoms. The van der Waals surface area contributed by atoms with Gasteiger partial charge in [-0.2, -0.15) is 0 Å². The molecule has 0 aromatic heterocycles. The standard InChI is InChI=1S/C23H23NOS/c1-18-13-15-22(16-14-18)26-19(2)23(25)24(21-11-7-4-8-12-21)17-20-9-5-3-6-10-20/h3-16,19H,17H2,1-2H3. The zero-order chi connectivity index (χ0) is 18.4. The number of hydrogen-bond donors (Lipinski definition) is 0. The van der Waals surface area contributed by atoms with Gasteiger partial charge in [-0.3, -0.25) is 4.79 Å². The summed E-state index contributed by atoms with van der Waals surface area (Å²) in [5.74, 6) is 0.116. The van der Waals surface area contributed by atoms with Crippen LogP contribution in [0.25, 0.3) is 0 Å². The van der Waals surface area contributed by atoms with Crippen molar-refractivity contribution in [3.63, 3.8) is 0 Å². The Kier molecular flexibility index (Phi) is 6.13. The highest BCUT2D eigenvalue weighted by Gasteiger charge is 2.23. The Morgan fingerprint density at radius 3 is 2.08 bits per heavy atom. The van der Waals surface area contributed by atoms with Gasteiger partial charge in [-0.05, 0) is 43.7 Å². The molecule has 3 aromatic rings. The molecule has 3 heteroatoms. The highest BCUT2D eigenvalue weighted by molar-refractivity contribution is 8.00. The summed E-state index contributed by atoms with van der Waals surface area (Å²) in [4.78, 5) is 16.2. The topological polar surface area (TPSA) is 20.3 Å². The number of para-hydroxylation sites is 1. The van der Waals surface area contributed by atoms with Crippen LogP contribution in [-0.4, -0.2) is 11.2 Å². The van der Waals surface area contributed by atoms with Gasteiger partial charge in [0.1, 0.15) is 0 Å². The van der Waals surface area contributed by atoms with Crippen molar-refractivity contribution in [1.29, 1.82) is 0 Å². The van der Waals surface area contributed by atoms with Crippen LogP contribution in [0.4, 0.5) is 5.69 Å². The molecule has 0 heterocycles. The van der Waals surface area contributed by atoms with Crippen molar-refractivity contribution in [1.82, 2.24) is 0 Å². The Labute approximate surface area is 159 Å². The smallest absolute Gasteiger partial charge is 0.240 e. The molecule has 1 atom stereocenters. The van der Waals surface area contributed by atoms with Crippen molar-refractivity contribution in [3.05, 3.63) is 96.1 Å². The third-order valence-corrected chi connectivity index (χ3v) is 5.30. The lowest BCUT2D eigenvalue weighted by Crippen LogP contribution is -2.36. The number of amides is 1. The third-order valence-electron chi connectivity index (χ3n) is 4.20. The van der Waals surface area contributed by atoms with Gasteiger partial charge in [-0.15, -0.1) is 11.8 Å². The number of rotatable bonds is 6. The van der Waals surface area contributed by atoms with Gasteiger partial charge in [0.25, 0.3) is 0 Å². The molecule has 0 saturated carbocycles. The number of nitrogens with zero attached hydrogens (tertiary/aromatic N) is 1. The lowest BCUT2D eigenvalue weighted by atomic mass is 10.2. The second kappa shape index (κ2) is 8.72. The van der Waals surface area contributed by atoms with Crippen molar-refractivity contribution in [2.45, 2.75) is 30.5 Å². The average Bonchev–Trinajstić information content (AvgIpc) is 2.69. The maximum atomic E-state index is 13.2. The van der Waals surface area contributed by atoms with Crippen LogP contribution < -0.4 is 4.90 Å². The fourth-order valence-corrected chi connectivity index (χ4v) is 3.69. The number of anilines is 1. The second-order valence-electron chi connectivity index (χ2n) is 6.32. The molecule has 1 unspecified atom stereocenters. The Morgan fingerprint density at radius 2 is 1.46 bits per heavy atom. The molecule has 0 fully saturated rings. The van der Waals surface area contributed by atoms with Gasteiger partial charge in [0, 0.05) is 10.6 Å². The van der Waals surface area contributed by atoms with E-state index in [1.54, 1.807) is 11.8 Å². The molecule has 0 saturated heterocycles. The molecule has 1 amide bonds. The quantitative estimate of drug-likeness (QED) is 0.524. The van der Waals surface area contributed by atoms with E-state index in [1.807, 2.05) is 60.4 Å². The lowest BCUT2D eigenvalue weighted by Gasteiger charge is -2.26. The summed E-state index contributed by atoms with van der Waals surface area (Å²) in [6.45, 7) is 4.62. The maximum Gasteiger partial charge on any atom is 0.240 e. The summed E-state index contributed by atoms with van der Waals surface area (Å²) in [5, 5.41) is -0.165. The molecule has 3 rings (SSSR count). The minimum atomic E-state index is -0.165. The zero-order valence-corrected chi connectivity index (χ0v) is 15.9. The summed E-state index contributed by atoms with van der Waals surface area (Å²) in [6.07, 6.45) is 0. The summed E-state index contributed by atoms with van der Waals surface area (Å²) in [6, 6.07) is 28.3. The molecule has 0 aliphatic heterocycles. The molecular weight excluding hydrogens is 338 g/mol. The highest BCUT2D eigenvalue weighted by atomic mass is 32.2. The number of thioether (sulfide) groups is 1. The number of hydrogen-bond acceptors (Lipinski definition) is 2. The van der Waals surface area contributed by atoms with Crippen molar-refractivity contribution in [2.24, 2.45) is 0 Å². The van der Waals surface area contributed by atoms with E-state index < -0.39 is 0 Å². The summed E-state index contributed by atoms with van der Waals surface area (Å²) >= 11 is 1.60. The van der Waals surface area contributed by atoms with Crippen LogP contribution in [0.15, 0.2) is 89.8 Å². The highest BCUT2D eigenvalue weighted by Crippen LogP contribution is 2.27. The molecule has 0 N–H and O–H groups in total. The first-order chi connectivity index (χ1) is 12.6. The Balaban J connectivity index is 1.80. The van der Waals surface area contributed by atoms with Crippen molar-refractivity contribution < 1.29 is 4.79 Å². The predicted molar refractivity (Wildman–Crippen MR) is 111 cm³/mol. The number of carbonyl (C=O) groups is 1. The maximum absolute atomic E-state index is 13.2. The van der Waals surface area contributed by atoms with E-state index in [9.17, 15) is 4.79 Å². The van der Waals surface area contributed by atoms with Gasteiger partial charge in [-0.1, -0.05) is 66.2 Å². The molecule has 0 aliphatic carbocycles. The molecular formula is C23H23NOS. The average molecular weight is 362 g/mol. The summed E-state index contributed by atoms with van der Waals surface area (Å²) < 4.78 is 0. The first-order valence-electron chi connectivity index (χ1n) is 8.77. The SMILES string of the molecule is Cc1ccc(SC(C)C(=O)N(Cc2ccccc2)c2ccccc2)cc1. The van der Waals surface area contributed by atoms with E-state index in [-0.39, 0.29) is 11.2 Å². The van der Waals surface area contributed by atoms with Gasteiger partial charge < -0.3 is 4.90 Å². The summed E-state index contributed by atoms with van der Waals surface area (Å²) in [5.41, 5.74) is 3.28. The number of aryl methyl sites for hydroxylation is 1. The van der Waals surface area contributed by atoms with Crippen LogP contribution in [0.3, 0.4) is 0 Å². The normalized spacial score (nSPS) is 11.8. The zero-order valence-electron chi connectivity index (χ0n) is 15.1. The molecule has 132 valence electrons. The first kappa shape index (κ1) is 18.3. The van der Waals surface area contributed by atoms with E-state index in [1.165, 1.54) is 5.56 Å². The van der Waals surface area contributed by atoms with Gasteiger partial charge >= 0.3 is 0 Å². The minimum Gasteiger partial charge on any atom is -0.307 e. The second-order valence-corrected chi connectivity index (χ2v) is 7.73. The number of carbonyl (C=O) groups excluding carboxylic acids is 1. The fraction of sp³-hybridized carbons (Fsp3) is 0.174. The van der Waals surface area contributed by atoms with Crippen LogP contribution >= 0.6 is 11.8 Å². The first-order valence-corrected chi connectivity index (χ1v) is 9.65. The minimum absolute atomic E-state index is 0.116. The Bertz CT molecular complexity index is 831. The van der Waals surface area contributed by atoms with Crippen molar-refractivity contribution in [3.8, 4) is 0 Å². The lowest BCUT2D eigenvalue weighted by molar-refractivity contribution is -0.118. The van der Waals surface area contributed by atoms with Gasteiger partial charge in [0.05, 0.1) is 11.8 Å². The molecule has 0 radical (unpaired) electrons. The molecule has 26 heavy (non-hydrogen) atoms. The van der Waals surface area contributed by atoms with Gasteiger partial charge in [-0.25, -0.2) is 0 Å². The van der Waals surface area contributed by atoms with E-state index in [4.69, 9.17) is 0 Å². The van der Waals surface area contributed by atoms with E-state index in [0.717, 1.165) is 16.1 Å². The van der Waals surface area contributed by atoms with E-state index >= 15 is 0 Å². The van der Waals surface area contributed by atoms with Crippen LogP contribution in [0.1, 0.15) is 18.1 Å².